The van der Waals surface area contributed by atoms with Gasteiger partial charge < -0.3 is 10.4 Å². The predicted octanol–water partition coefficient (Wildman–Crippen LogP) is 2.09. The molecule has 5 nitrogen and oxygen atoms in total. The van der Waals surface area contributed by atoms with E-state index in [0.29, 0.717) is 18.5 Å². The van der Waals surface area contributed by atoms with E-state index in [0.717, 1.165) is 18.5 Å². The number of nitrogens with zero attached hydrogens (tertiary/aromatic N) is 2. The molecule has 0 aromatic heterocycles. The Morgan fingerprint density at radius 1 is 1.48 bits per heavy atom. The molecule has 4 rings (SSSR count). The quantitative estimate of drug-likeness (QED) is 0.883. The van der Waals surface area contributed by atoms with Crippen LogP contribution in [0.2, 0.25) is 0 Å². The average molecular weight is 339 g/mol. The van der Waals surface area contributed by atoms with Crippen molar-refractivity contribution in [2.45, 2.75) is 37.8 Å². The molecule has 1 aliphatic carbocycles. The Hall–Kier alpha value is -1.98. The van der Waals surface area contributed by atoms with Crippen LogP contribution in [-0.4, -0.2) is 54.4 Å². The highest BCUT2D eigenvalue weighted by atomic mass is 16.3. The van der Waals surface area contributed by atoms with Crippen molar-refractivity contribution >= 4 is 23.4 Å². The van der Waals surface area contributed by atoms with E-state index in [1.54, 1.807) is 0 Å². The molecule has 5 heteroatoms. The fourth-order valence-corrected chi connectivity index (χ4v) is 4.35. The van der Waals surface area contributed by atoms with Crippen LogP contribution >= 0.6 is 0 Å². The van der Waals surface area contributed by atoms with Gasteiger partial charge in [-0.05, 0) is 42.7 Å². The molecule has 132 valence electrons. The molecule has 4 unspecified atom stereocenters. The molecular weight excluding hydrogens is 314 g/mol. The molecule has 4 atom stereocenters. The molecule has 1 aromatic carbocycles. The van der Waals surface area contributed by atoms with E-state index in [1.165, 1.54) is 16.7 Å². The topological polar surface area (TPSA) is 64.9 Å². The molecule has 0 spiro atoms. The van der Waals surface area contributed by atoms with E-state index in [-0.39, 0.29) is 24.5 Å². The Bertz CT molecular complexity index is 751. The molecule has 0 saturated heterocycles. The van der Waals surface area contributed by atoms with E-state index in [4.69, 9.17) is 0 Å². The second kappa shape index (κ2) is 6.39. The van der Waals surface area contributed by atoms with Crippen molar-refractivity contribution in [2.75, 3.05) is 20.2 Å². The van der Waals surface area contributed by atoms with Crippen LogP contribution in [0.25, 0.3) is 5.57 Å². The van der Waals surface area contributed by atoms with Gasteiger partial charge >= 0.3 is 0 Å². The molecular formula is C20H25N3O2. The van der Waals surface area contributed by atoms with E-state index in [9.17, 15) is 9.90 Å². The van der Waals surface area contributed by atoms with Crippen LogP contribution in [-0.2, 0) is 4.79 Å². The lowest BCUT2D eigenvalue weighted by Crippen LogP contribution is -2.48. The zero-order valence-corrected chi connectivity index (χ0v) is 14.8. The van der Waals surface area contributed by atoms with Crippen molar-refractivity contribution in [3.05, 3.63) is 35.4 Å². The molecule has 1 amide bonds. The normalized spacial score (nSPS) is 28.1. The lowest BCUT2D eigenvalue weighted by molar-refractivity contribution is -0.125. The number of hydrogen-bond donors (Lipinski definition) is 2. The smallest absolute Gasteiger partial charge is 0.228 e. The first-order valence-electron chi connectivity index (χ1n) is 9.13. The number of fused-ring (bicyclic) bond motifs is 2. The number of amides is 1. The maximum absolute atomic E-state index is 12.7. The largest absolute Gasteiger partial charge is 0.394 e. The van der Waals surface area contributed by atoms with Crippen LogP contribution < -0.4 is 5.32 Å². The number of hydrogen-bond acceptors (Lipinski definition) is 4. The number of aliphatic hydroxyl groups excluding tert-OH is 1. The number of likely N-dealkylation sites (N-methyl/N-ethyl adjacent to an activating group) is 1. The lowest BCUT2D eigenvalue weighted by atomic mass is 9.74. The monoisotopic (exact) mass is 339 g/mol. The van der Waals surface area contributed by atoms with Crippen molar-refractivity contribution in [2.24, 2.45) is 10.9 Å². The summed E-state index contributed by atoms with van der Waals surface area (Å²) in [4.78, 5) is 19.5. The first-order valence-corrected chi connectivity index (χ1v) is 9.13. The van der Waals surface area contributed by atoms with Gasteiger partial charge in [-0.1, -0.05) is 25.1 Å². The third-order valence-corrected chi connectivity index (χ3v) is 5.79. The van der Waals surface area contributed by atoms with Gasteiger partial charge in [0.25, 0.3) is 0 Å². The summed E-state index contributed by atoms with van der Waals surface area (Å²) in [5, 5.41) is 12.3. The number of carbonyl (C=O) groups is 1. The third-order valence-electron chi connectivity index (χ3n) is 5.79. The number of nitrogens with one attached hydrogen (secondary N) is 1. The minimum absolute atomic E-state index is 0.00431. The van der Waals surface area contributed by atoms with Crippen molar-refractivity contribution in [1.29, 1.82) is 0 Å². The summed E-state index contributed by atoms with van der Waals surface area (Å²) in [6, 6.07) is 6.45. The van der Waals surface area contributed by atoms with Gasteiger partial charge in [0.1, 0.15) is 0 Å². The Balaban J connectivity index is 1.67. The Kier molecular flexibility index (Phi) is 4.21. The van der Waals surface area contributed by atoms with E-state index >= 15 is 0 Å². The molecule has 0 radical (unpaired) electrons. The molecule has 0 bridgehead atoms. The van der Waals surface area contributed by atoms with Gasteiger partial charge in [-0.3, -0.25) is 14.7 Å². The van der Waals surface area contributed by atoms with Crippen molar-refractivity contribution in [1.82, 2.24) is 10.2 Å². The molecule has 25 heavy (non-hydrogen) atoms. The SMILES string of the molecule is CCC(CO)NC(=O)C1C=C2c3cccc4c3C(C=N4)CC2N(C)C1. The van der Waals surface area contributed by atoms with Crippen LogP contribution in [0.5, 0.6) is 0 Å². The summed E-state index contributed by atoms with van der Waals surface area (Å²) >= 11 is 0. The summed E-state index contributed by atoms with van der Waals surface area (Å²) < 4.78 is 0. The van der Waals surface area contributed by atoms with Crippen LogP contribution in [0, 0.1) is 5.92 Å². The van der Waals surface area contributed by atoms with Gasteiger partial charge in [0.2, 0.25) is 5.91 Å². The van der Waals surface area contributed by atoms with Crippen LogP contribution in [0.3, 0.4) is 0 Å². The zero-order valence-electron chi connectivity index (χ0n) is 14.8. The molecule has 2 heterocycles. The van der Waals surface area contributed by atoms with Crippen molar-refractivity contribution in [3.63, 3.8) is 0 Å². The molecule has 0 saturated carbocycles. The van der Waals surface area contributed by atoms with Crippen molar-refractivity contribution < 1.29 is 9.90 Å². The fraction of sp³-hybridized carbons (Fsp3) is 0.500. The molecule has 2 N–H and O–H groups in total. The van der Waals surface area contributed by atoms with Crippen LogP contribution in [0.15, 0.2) is 29.3 Å². The fourth-order valence-electron chi connectivity index (χ4n) is 4.35. The first kappa shape index (κ1) is 16.5. The minimum atomic E-state index is -0.188. The summed E-state index contributed by atoms with van der Waals surface area (Å²) in [7, 11) is 2.10. The lowest BCUT2D eigenvalue weighted by Gasteiger charge is -2.41. The Labute approximate surface area is 148 Å². The van der Waals surface area contributed by atoms with Gasteiger partial charge in [0.15, 0.2) is 0 Å². The molecule has 0 fully saturated rings. The standard InChI is InChI=1S/C20H25N3O2/c1-3-14(11-24)22-20(25)13-7-16-15-5-4-6-17-19(15)12(9-21-17)8-18(16)23(2)10-13/h4-7,9,12-14,18,24H,3,8,10-11H2,1-2H3,(H,22,25). The van der Waals surface area contributed by atoms with E-state index in [2.05, 4.69) is 52.7 Å². The maximum Gasteiger partial charge on any atom is 0.228 e. The maximum atomic E-state index is 12.7. The Morgan fingerprint density at radius 3 is 3.08 bits per heavy atom. The molecule has 1 aromatic rings. The number of carbonyl (C=O) groups excluding carboxylic acids is 1. The van der Waals surface area contributed by atoms with Gasteiger partial charge in [-0.2, -0.15) is 0 Å². The highest BCUT2D eigenvalue weighted by molar-refractivity contribution is 5.92. The van der Waals surface area contributed by atoms with Gasteiger partial charge in [0, 0.05) is 24.7 Å². The third kappa shape index (κ3) is 2.71. The average Bonchev–Trinajstić information content (AvgIpc) is 3.04. The second-order valence-corrected chi connectivity index (χ2v) is 7.34. The molecule has 3 aliphatic rings. The molecule has 2 aliphatic heterocycles. The first-order chi connectivity index (χ1) is 12.1. The summed E-state index contributed by atoms with van der Waals surface area (Å²) in [6.07, 6.45) is 5.98. The zero-order chi connectivity index (χ0) is 17.6. The van der Waals surface area contributed by atoms with E-state index in [1.807, 2.05) is 6.92 Å². The number of benzene rings is 1. The van der Waals surface area contributed by atoms with Gasteiger partial charge in [-0.15, -0.1) is 0 Å². The number of aliphatic imine (C=N–C) groups is 1. The van der Waals surface area contributed by atoms with Gasteiger partial charge in [0.05, 0.1) is 24.3 Å². The van der Waals surface area contributed by atoms with Gasteiger partial charge in [-0.25, -0.2) is 0 Å². The van der Waals surface area contributed by atoms with Crippen LogP contribution in [0.1, 0.15) is 36.8 Å². The number of aliphatic hydroxyl groups is 1. The summed E-state index contributed by atoms with van der Waals surface area (Å²) in [5.74, 6) is 0.205. The highest BCUT2D eigenvalue weighted by Crippen LogP contribution is 2.48. The van der Waals surface area contributed by atoms with Crippen LogP contribution in [0.4, 0.5) is 5.69 Å². The number of rotatable bonds is 4. The highest BCUT2D eigenvalue weighted by Gasteiger charge is 2.39. The predicted molar refractivity (Wildman–Crippen MR) is 99.1 cm³/mol. The van der Waals surface area contributed by atoms with Crippen molar-refractivity contribution in [3.8, 4) is 0 Å². The second-order valence-electron chi connectivity index (χ2n) is 7.34. The van der Waals surface area contributed by atoms with E-state index < -0.39 is 0 Å². The summed E-state index contributed by atoms with van der Waals surface area (Å²) in [6.45, 7) is 2.66. The summed E-state index contributed by atoms with van der Waals surface area (Å²) in [5.41, 5.74) is 4.89. The Morgan fingerprint density at radius 2 is 2.32 bits per heavy atom. The minimum Gasteiger partial charge on any atom is -0.394 e.